The number of carbonyl (C=O) groups excluding carboxylic acids is 2. The Bertz CT molecular complexity index is 499. The van der Waals surface area contributed by atoms with Crippen LogP contribution in [0.25, 0.3) is 0 Å². The molecule has 2 rings (SSSR count). The summed E-state index contributed by atoms with van der Waals surface area (Å²) in [5.41, 5.74) is 1.33. The first-order chi connectivity index (χ1) is 10.0. The fourth-order valence-corrected chi connectivity index (χ4v) is 2.51. The number of rotatable bonds is 5. The number of aliphatic hydroxyl groups is 1. The lowest BCUT2D eigenvalue weighted by atomic mass is 10.1. The number of piperidine rings is 1. The van der Waals surface area contributed by atoms with Crippen LogP contribution in [-0.2, 0) is 4.79 Å². The second kappa shape index (κ2) is 7.33. The van der Waals surface area contributed by atoms with Crippen LogP contribution < -0.4 is 5.32 Å². The molecule has 0 saturated carbocycles. The molecule has 1 atom stereocenters. The first-order valence-corrected chi connectivity index (χ1v) is 7.36. The maximum atomic E-state index is 11.9. The average molecular weight is 290 g/mol. The van der Waals surface area contributed by atoms with Crippen LogP contribution in [0.15, 0.2) is 24.3 Å². The van der Waals surface area contributed by atoms with E-state index in [0.29, 0.717) is 30.8 Å². The van der Waals surface area contributed by atoms with Gasteiger partial charge in [0.2, 0.25) is 5.91 Å². The van der Waals surface area contributed by atoms with Crippen LogP contribution in [0.1, 0.15) is 36.5 Å². The summed E-state index contributed by atoms with van der Waals surface area (Å²) in [6.45, 7) is 3.77. The van der Waals surface area contributed by atoms with Crippen LogP contribution >= 0.6 is 0 Å². The molecule has 1 aromatic rings. The number of nitrogens with one attached hydrogen (secondary N) is 1. The van der Waals surface area contributed by atoms with E-state index in [4.69, 9.17) is 0 Å². The summed E-state index contributed by atoms with van der Waals surface area (Å²) < 4.78 is 0. The molecule has 1 heterocycles. The number of β-amino-alcohol motifs (C(OH)–C–C–N with tert-alkyl or cyclic N) is 1. The molecule has 114 valence electrons. The minimum absolute atomic E-state index is 0.0107. The summed E-state index contributed by atoms with van der Waals surface area (Å²) in [5.74, 6) is -0.0397. The van der Waals surface area contributed by atoms with Crippen molar-refractivity contribution >= 4 is 17.4 Å². The van der Waals surface area contributed by atoms with Crippen molar-refractivity contribution in [3.05, 3.63) is 29.8 Å². The van der Waals surface area contributed by atoms with E-state index >= 15 is 0 Å². The van der Waals surface area contributed by atoms with E-state index in [2.05, 4.69) is 10.2 Å². The normalized spacial score (nSPS) is 19.2. The predicted octanol–water partition coefficient (Wildman–Crippen LogP) is 1.67. The van der Waals surface area contributed by atoms with Crippen LogP contribution in [0.4, 0.5) is 5.69 Å². The number of hydrogen-bond donors (Lipinski definition) is 2. The largest absolute Gasteiger partial charge is 0.392 e. The second-order valence-corrected chi connectivity index (χ2v) is 5.53. The molecule has 0 bridgehead atoms. The molecule has 5 heteroatoms. The highest BCUT2D eigenvalue weighted by atomic mass is 16.3. The van der Waals surface area contributed by atoms with Crippen molar-refractivity contribution in [3.8, 4) is 0 Å². The standard InChI is InChI=1S/C16H22N2O3/c1-12(19)13-4-6-14(7-5-13)17-16(21)8-10-18-9-2-3-15(20)11-18/h4-7,15,20H,2-3,8-11H2,1H3,(H,17,21). The van der Waals surface area contributed by atoms with Crippen molar-refractivity contribution in [1.82, 2.24) is 4.90 Å². The van der Waals surface area contributed by atoms with Crippen LogP contribution in [-0.4, -0.2) is 47.4 Å². The van der Waals surface area contributed by atoms with Gasteiger partial charge in [-0.1, -0.05) is 0 Å². The van der Waals surface area contributed by atoms with Gasteiger partial charge < -0.3 is 15.3 Å². The van der Waals surface area contributed by atoms with Gasteiger partial charge in [-0.2, -0.15) is 0 Å². The summed E-state index contributed by atoms with van der Waals surface area (Å²) in [5, 5.41) is 12.4. The lowest BCUT2D eigenvalue weighted by molar-refractivity contribution is -0.116. The molecule has 1 aliphatic heterocycles. The molecular formula is C16H22N2O3. The number of Topliss-reactive ketones (excluding diaryl/α,β-unsaturated/α-hetero) is 1. The Kier molecular flexibility index (Phi) is 5.47. The number of benzene rings is 1. The zero-order valence-electron chi connectivity index (χ0n) is 12.3. The van der Waals surface area contributed by atoms with Gasteiger partial charge in [-0.15, -0.1) is 0 Å². The molecule has 21 heavy (non-hydrogen) atoms. The number of aliphatic hydroxyl groups excluding tert-OH is 1. The Hall–Kier alpha value is -1.72. The maximum absolute atomic E-state index is 11.9. The minimum atomic E-state index is -0.263. The second-order valence-electron chi connectivity index (χ2n) is 5.53. The third kappa shape index (κ3) is 4.95. The number of hydrogen-bond acceptors (Lipinski definition) is 4. The van der Waals surface area contributed by atoms with E-state index in [1.54, 1.807) is 24.3 Å². The third-order valence-electron chi connectivity index (χ3n) is 3.71. The Labute approximate surface area is 125 Å². The molecule has 1 amide bonds. The molecule has 0 radical (unpaired) electrons. The molecular weight excluding hydrogens is 268 g/mol. The Balaban J connectivity index is 1.77. The fourth-order valence-electron chi connectivity index (χ4n) is 2.51. The monoisotopic (exact) mass is 290 g/mol. The van der Waals surface area contributed by atoms with Gasteiger partial charge >= 0.3 is 0 Å². The highest BCUT2D eigenvalue weighted by molar-refractivity contribution is 5.95. The first-order valence-electron chi connectivity index (χ1n) is 7.36. The molecule has 1 unspecified atom stereocenters. The molecule has 0 aliphatic carbocycles. The number of carbonyl (C=O) groups is 2. The molecule has 2 N–H and O–H groups in total. The number of anilines is 1. The first kappa shape index (κ1) is 15.7. The molecule has 1 fully saturated rings. The number of ketones is 1. The smallest absolute Gasteiger partial charge is 0.225 e. The van der Waals surface area contributed by atoms with E-state index in [9.17, 15) is 14.7 Å². The summed E-state index contributed by atoms with van der Waals surface area (Å²) in [4.78, 5) is 25.2. The van der Waals surface area contributed by atoms with Crippen LogP contribution in [0, 0.1) is 0 Å². The van der Waals surface area contributed by atoms with E-state index in [1.807, 2.05) is 0 Å². The van der Waals surface area contributed by atoms with Gasteiger partial charge in [-0.3, -0.25) is 9.59 Å². The average Bonchev–Trinajstić information content (AvgIpc) is 2.46. The van der Waals surface area contributed by atoms with Crippen molar-refractivity contribution in [2.24, 2.45) is 0 Å². The summed E-state index contributed by atoms with van der Waals surface area (Å²) >= 11 is 0. The van der Waals surface area contributed by atoms with Gasteiger partial charge in [0, 0.05) is 30.8 Å². The fraction of sp³-hybridized carbons (Fsp3) is 0.500. The van der Waals surface area contributed by atoms with Crippen molar-refractivity contribution in [2.75, 3.05) is 25.0 Å². The highest BCUT2D eigenvalue weighted by Crippen LogP contribution is 2.12. The zero-order chi connectivity index (χ0) is 15.2. The molecule has 1 saturated heterocycles. The van der Waals surface area contributed by atoms with Gasteiger partial charge in [0.1, 0.15) is 0 Å². The van der Waals surface area contributed by atoms with Gasteiger partial charge in [-0.25, -0.2) is 0 Å². The van der Waals surface area contributed by atoms with E-state index in [0.717, 1.165) is 19.4 Å². The summed E-state index contributed by atoms with van der Waals surface area (Å²) in [6.07, 6.45) is 1.97. The zero-order valence-corrected chi connectivity index (χ0v) is 12.3. The lowest BCUT2D eigenvalue weighted by Gasteiger charge is -2.29. The predicted molar refractivity (Wildman–Crippen MR) is 81.4 cm³/mol. The Morgan fingerprint density at radius 2 is 2.05 bits per heavy atom. The molecule has 5 nitrogen and oxygen atoms in total. The Morgan fingerprint density at radius 1 is 1.33 bits per heavy atom. The van der Waals surface area contributed by atoms with Crippen LogP contribution in [0.5, 0.6) is 0 Å². The molecule has 0 spiro atoms. The van der Waals surface area contributed by atoms with Crippen molar-refractivity contribution in [1.29, 1.82) is 0 Å². The van der Waals surface area contributed by atoms with Crippen molar-refractivity contribution < 1.29 is 14.7 Å². The number of amides is 1. The van der Waals surface area contributed by atoms with Gasteiger partial charge in [0.05, 0.1) is 6.10 Å². The number of nitrogens with zero attached hydrogens (tertiary/aromatic N) is 1. The molecule has 1 aliphatic rings. The van der Waals surface area contributed by atoms with Gasteiger partial charge in [0.15, 0.2) is 5.78 Å². The lowest BCUT2D eigenvalue weighted by Crippen LogP contribution is -2.39. The highest BCUT2D eigenvalue weighted by Gasteiger charge is 2.17. The minimum Gasteiger partial charge on any atom is -0.392 e. The van der Waals surface area contributed by atoms with Gasteiger partial charge in [-0.05, 0) is 50.6 Å². The van der Waals surface area contributed by atoms with Crippen LogP contribution in [0.2, 0.25) is 0 Å². The quantitative estimate of drug-likeness (QED) is 0.809. The third-order valence-corrected chi connectivity index (χ3v) is 3.71. The van der Waals surface area contributed by atoms with E-state index in [-0.39, 0.29) is 17.8 Å². The molecule has 0 aromatic heterocycles. The number of likely N-dealkylation sites (tertiary alicyclic amines) is 1. The summed E-state index contributed by atoms with van der Waals surface area (Å²) in [6, 6.07) is 6.89. The Morgan fingerprint density at radius 3 is 2.67 bits per heavy atom. The van der Waals surface area contributed by atoms with Crippen LogP contribution in [0.3, 0.4) is 0 Å². The maximum Gasteiger partial charge on any atom is 0.225 e. The van der Waals surface area contributed by atoms with E-state index in [1.165, 1.54) is 6.92 Å². The SMILES string of the molecule is CC(=O)c1ccc(NC(=O)CCN2CCCC(O)C2)cc1. The van der Waals surface area contributed by atoms with Crippen molar-refractivity contribution in [2.45, 2.75) is 32.3 Å². The van der Waals surface area contributed by atoms with Crippen molar-refractivity contribution in [3.63, 3.8) is 0 Å². The molecule has 1 aromatic carbocycles. The topological polar surface area (TPSA) is 69.6 Å². The van der Waals surface area contributed by atoms with E-state index < -0.39 is 0 Å². The van der Waals surface area contributed by atoms with Gasteiger partial charge in [0.25, 0.3) is 0 Å². The summed E-state index contributed by atoms with van der Waals surface area (Å²) in [7, 11) is 0.